The molecule has 7 heteroatoms. The van der Waals surface area contributed by atoms with Gasteiger partial charge in [-0.2, -0.15) is 0 Å². The maximum absolute atomic E-state index is 13.6. The quantitative estimate of drug-likeness (QED) is 0.805. The van der Waals surface area contributed by atoms with Crippen LogP contribution in [0.1, 0.15) is 18.1 Å². The highest BCUT2D eigenvalue weighted by Crippen LogP contribution is 2.19. The normalized spacial score (nSPS) is 10.4. The number of hydrogen-bond donors (Lipinski definition) is 1. The van der Waals surface area contributed by atoms with Gasteiger partial charge in [0.1, 0.15) is 23.1 Å². The van der Waals surface area contributed by atoms with Crippen molar-refractivity contribution in [2.24, 2.45) is 0 Å². The number of para-hydroxylation sites is 1. The molecule has 0 bridgehead atoms. The van der Waals surface area contributed by atoms with Gasteiger partial charge in [0, 0.05) is 6.54 Å². The second-order valence-corrected chi connectivity index (χ2v) is 6.11. The summed E-state index contributed by atoms with van der Waals surface area (Å²) >= 11 is 0. The van der Waals surface area contributed by atoms with E-state index in [0.29, 0.717) is 5.75 Å². The highest BCUT2D eigenvalue weighted by molar-refractivity contribution is 5.94. The first-order valence-electron chi connectivity index (χ1n) is 8.53. The average Bonchev–Trinajstić information content (AvgIpc) is 2.62. The van der Waals surface area contributed by atoms with Crippen LogP contribution in [0.2, 0.25) is 0 Å². The Bertz CT molecular complexity index is 820. The molecule has 2 aromatic rings. The Morgan fingerprint density at radius 3 is 2.37 bits per heavy atom. The molecule has 1 N–H and O–H groups in total. The van der Waals surface area contributed by atoms with Gasteiger partial charge in [-0.05, 0) is 44.5 Å². The van der Waals surface area contributed by atoms with Crippen molar-refractivity contribution in [2.45, 2.75) is 20.8 Å². The summed E-state index contributed by atoms with van der Waals surface area (Å²) in [6, 6.07) is 8.88. The molecule has 2 amide bonds. The van der Waals surface area contributed by atoms with Gasteiger partial charge < -0.3 is 15.0 Å². The van der Waals surface area contributed by atoms with Gasteiger partial charge in [-0.25, -0.2) is 8.78 Å². The molecule has 0 spiro atoms. The summed E-state index contributed by atoms with van der Waals surface area (Å²) in [4.78, 5) is 25.6. The van der Waals surface area contributed by atoms with E-state index in [4.69, 9.17) is 4.74 Å². The predicted octanol–water partition coefficient (Wildman–Crippen LogP) is 3.45. The number of carbonyl (C=O) groups is 2. The predicted molar refractivity (Wildman–Crippen MR) is 98.7 cm³/mol. The zero-order valence-corrected chi connectivity index (χ0v) is 15.5. The van der Waals surface area contributed by atoms with Gasteiger partial charge in [-0.3, -0.25) is 9.59 Å². The summed E-state index contributed by atoms with van der Waals surface area (Å²) < 4.78 is 32.7. The zero-order chi connectivity index (χ0) is 20.0. The van der Waals surface area contributed by atoms with Gasteiger partial charge in [0.25, 0.3) is 5.91 Å². The van der Waals surface area contributed by atoms with Crippen LogP contribution in [0.3, 0.4) is 0 Å². The van der Waals surface area contributed by atoms with Crippen molar-refractivity contribution in [2.75, 3.05) is 25.0 Å². The minimum absolute atomic E-state index is 0.237. The number of halogens is 2. The highest BCUT2D eigenvalue weighted by atomic mass is 19.1. The molecule has 0 aromatic heterocycles. The summed E-state index contributed by atoms with van der Waals surface area (Å²) in [5, 5.41) is 2.16. The van der Waals surface area contributed by atoms with Crippen molar-refractivity contribution in [1.29, 1.82) is 0 Å². The summed E-state index contributed by atoms with van der Waals surface area (Å²) in [5.74, 6) is -2.27. The van der Waals surface area contributed by atoms with E-state index in [-0.39, 0.29) is 19.7 Å². The van der Waals surface area contributed by atoms with Crippen molar-refractivity contribution in [3.63, 3.8) is 0 Å². The van der Waals surface area contributed by atoms with Crippen molar-refractivity contribution in [3.8, 4) is 5.75 Å². The summed E-state index contributed by atoms with van der Waals surface area (Å²) in [5.41, 5.74) is 1.45. The third kappa shape index (κ3) is 5.51. The Kier molecular flexibility index (Phi) is 6.87. The van der Waals surface area contributed by atoms with Crippen LogP contribution in [0.4, 0.5) is 14.5 Å². The van der Waals surface area contributed by atoms with E-state index in [2.05, 4.69) is 5.32 Å². The van der Waals surface area contributed by atoms with Crippen LogP contribution in [0.15, 0.2) is 36.4 Å². The summed E-state index contributed by atoms with van der Waals surface area (Å²) in [7, 11) is 0. The Labute approximate surface area is 156 Å². The second-order valence-electron chi connectivity index (χ2n) is 6.11. The molecule has 0 saturated heterocycles. The molecule has 2 rings (SSSR count). The number of likely N-dealkylation sites (N-methyl/N-ethyl adjacent to an activating group) is 1. The standard InChI is InChI=1S/C20H22F2N2O3/c1-4-24(11-18(25)23-20-15(21)6-5-7-16(20)22)19(26)12-27-17-9-8-13(2)10-14(17)3/h5-10H,4,11-12H2,1-3H3,(H,23,25). The third-order valence-corrected chi connectivity index (χ3v) is 3.98. The second kappa shape index (κ2) is 9.12. The lowest BCUT2D eigenvalue weighted by Crippen LogP contribution is -2.40. The van der Waals surface area contributed by atoms with Crippen LogP contribution in [-0.2, 0) is 9.59 Å². The highest BCUT2D eigenvalue weighted by Gasteiger charge is 2.18. The van der Waals surface area contributed by atoms with Crippen LogP contribution in [0, 0.1) is 25.5 Å². The molecular formula is C20H22F2N2O3. The van der Waals surface area contributed by atoms with Crippen molar-refractivity contribution < 1.29 is 23.1 Å². The molecule has 27 heavy (non-hydrogen) atoms. The lowest BCUT2D eigenvalue weighted by atomic mass is 10.1. The van der Waals surface area contributed by atoms with E-state index in [1.165, 1.54) is 11.0 Å². The molecule has 0 aliphatic carbocycles. The fraction of sp³-hybridized carbons (Fsp3) is 0.300. The number of benzene rings is 2. The monoisotopic (exact) mass is 376 g/mol. The molecular weight excluding hydrogens is 354 g/mol. The number of aryl methyl sites for hydroxylation is 2. The van der Waals surface area contributed by atoms with Crippen LogP contribution < -0.4 is 10.1 Å². The van der Waals surface area contributed by atoms with Crippen LogP contribution in [0.5, 0.6) is 5.75 Å². The lowest BCUT2D eigenvalue weighted by Gasteiger charge is -2.21. The first-order chi connectivity index (χ1) is 12.8. The molecule has 2 aromatic carbocycles. The fourth-order valence-corrected chi connectivity index (χ4v) is 2.54. The molecule has 0 aliphatic rings. The molecule has 0 radical (unpaired) electrons. The van der Waals surface area contributed by atoms with Crippen LogP contribution in [-0.4, -0.2) is 36.4 Å². The van der Waals surface area contributed by atoms with Gasteiger partial charge in [0.2, 0.25) is 5.91 Å². The molecule has 5 nitrogen and oxygen atoms in total. The summed E-state index contributed by atoms with van der Waals surface area (Å²) in [6.07, 6.45) is 0. The Hall–Kier alpha value is -2.96. The maximum atomic E-state index is 13.6. The number of nitrogens with zero attached hydrogens (tertiary/aromatic N) is 1. The molecule has 0 unspecified atom stereocenters. The average molecular weight is 376 g/mol. The number of anilines is 1. The molecule has 144 valence electrons. The maximum Gasteiger partial charge on any atom is 0.260 e. The van der Waals surface area contributed by atoms with Crippen molar-refractivity contribution in [3.05, 3.63) is 59.2 Å². The van der Waals surface area contributed by atoms with E-state index in [0.717, 1.165) is 23.3 Å². The number of hydrogen-bond acceptors (Lipinski definition) is 3. The number of rotatable bonds is 7. The lowest BCUT2D eigenvalue weighted by molar-refractivity contribution is -0.136. The van der Waals surface area contributed by atoms with E-state index in [1.807, 2.05) is 26.0 Å². The minimum Gasteiger partial charge on any atom is -0.484 e. The topological polar surface area (TPSA) is 58.6 Å². The minimum atomic E-state index is -0.879. The SMILES string of the molecule is CCN(CC(=O)Nc1c(F)cccc1F)C(=O)COc1ccc(C)cc1C. The van der Waals surface area contributed by atoms with E-state index in [1.54, 1.807) is 13.0 Å². The first kappa shape index (κ1) is 20.4. The molecule has 0 saturated carbocycles. The number of carbonyl (C=O) groups excluding carboxylic acids is 2. The third-order valence-electron chi connectivity index (χ3n) is 3.98. The van der Waals surface area contributed by atoms with Gasteiger partial charge >= 0.3 is 0 Å². The molecule has 0 heterocycles. The van der Waals surface area contributed by atoms with E-state index in [9.17, 15) is 18.4 Å². The molecule has 0 atom stereocenters. The van der Waals surface area contributed by atoms with Crippen molar-refractivity contribution >= 4 is 17.5 Å². The van der Waals surface area contributed by atoms with Gasteiger partial charge in [0.15, 0.2) is 6.61 Å². The Morgan fingerprint density at radius 1 is 1.11 bits per heavy atom. The van der Waals surface area contributed by atoms with Gasteiger partial charge in [-0.1, -0.05) is 23.8 Å². The number of ether oxygens (including phenoxy) is 1. The number of nitrogens with one attached hydrogen (secondary N) is 1. The molecule has 0 fully saturated rings. The fourth-order valence-electron chi connectivity index (χ4n) is 2.54. The zero-order valence-electron chi connectivity index (χ0n) is 15.5. The largest absolute Gasteiger partial charge is 0.484 e. The van der Waals surface area contributed by atoms with Crippen molar-refractivity contribution in [1.82, 2.24) is 4.90 Å². The Morgan fingerprint density at radius 2 is 1.78 bits per heavy atom. The van der Waals surface area contributed by atoms with Crippen LogP contribution >= 0.6 is 0 Å². The van der Waals surface area contributed by atoms with E-state index >= 15 is 0 Å². The number of amides is 2. The summed E-state index contributed by atoms with van der Waals surface area (Å²) in [6.45, 7) is 5.21. The Balaban J connectivity index is 1.95. The first-order valence-corrected chi connectivity index (χ1v) is 8.53. The van der Waals surface area contributed by atoms with Crippen LogP contribution in [0.25, 0.3) is 0 Å². The van der Waals surface area contributed by atoms with Gasteiger partial charge in [-0.15, -0.1) is 0 Å². The van der Waals surface area contributed by atoms with Gasteiger partial charge in [0.05, 0.1) is 6.54 Å². The molecule has 0 aliphatic heterocycles. The smallest absolute Gasteiger partial charge is 0.260 e. The van der Waals surface area contributed by atoms with E-state index < -0.39 is 29.1 Å².